The van der Waals surface area contributed by atoms with Gasteiger partial charge >= 0.3 is 0 Å². The van der Waals surface area contributed by atoms with Crippen molar-refractivity contribution in [2.24, 2.45) is 5.92 Å². The van der Waals surface area contributed by atoms with Crippen molar-refractivity contribution in [2.45, 2.75) is 12.6 Å². The molecule has 1 aliphatic rings. The van der Waals surface area contributed by atoms with Crippen LogP contribution in [0.25, 0.3) is 0 Å². The quantitative estimate of drug-likeness (QED) is 0.851. The number of amides is 1. The van der Waals surface area contributed by atoms with E-state index in [9.17, 15) is 13.6 Å². The summed E-state index contributed by atoms with van der Waals surface area (Å²) in [5.74, 6) is -1.77. The molecule has 1 heterocycles. The Balaban J connectivity index is 1.93. The van der Waals surface area contributed by atoms with Crippen LogP contribution in [0.2, 0.25) is 0 Å². The number of nitrogens with one attached hydrogen (secondary N) is 2. The number of benzene rings is 1. The number of halogens is 2. The first-order valence-electron chi connectivity index (χ1n) is 6.08. The van der Waals surface area contributed by atoms with Crippen LogP contribution >= 0.6 is 0 Å². The van der Waals surface area contributed by atoms with E-state index >= 15 is 0 Å². The molecule has 0 saturated carbocycles. The zero-order chi connectivity index (χ0) is 13.8. The van der Waals surface area contributed by atoms with Gasteiger partial charge < -0.3 is 15.4 Å². The second-order valence-electron chi connectivity index (χ2n) is 4.49. The van der Waals surface area contributed by atoms with E-state index in [1.807, 2.05) is 0 Å². The average molecular weight is 270 g/mol. The Morgan fingerprint density at radius 1 is 1.42 bits per heavy atom. The summed E-state index contributed by atoms with van der Waals surface area (Å²) in [6.45, 7) is 0.876. The lowest BCUT2D eigenvalue weighted by molar-refractivity contribution is -0.125. The third-order valence-corrected chi connectivity index (χ3v) is 3.26. The van der Waals surface area contributed by atoms with Gasteiger partial charge in [0.15, 0.2) is 0 Å². The van der Waals surface area contributed by atoms with Crippen molar-refractivity contribution in [2.75, 3.05) is 20.3 Å². The maximum Gasteiger partial charge on any atom is 0.227 e. The summed E-state index contributed by atoms with van der Waals surface area (Å²) in [5.41, 5.74) is 0.259. The van der Waals surface area contributed by atoms with Crippen LogP contribution in [0, 0.1) is 17.6 Å². The van der Waals surface area contributed by atoms with Crippen LogP contribution in [0.5, 0.6) is 0 Å². The maximum atomic E-state index is 13.4. The van der Waals surface area contributed by atoms with E-state index in [0.717, 1.165) is 6.07 Å². The lowest BCUT2D eigenvalue weighted by Gasteiger charge is -2.16. The molecular weight excluding hydrogens is 254 g/mol. The van der Waals surface area contributed by atoms with Gasteiger partial charge in [-0.3, -0.25) is 4.79 Å². The van der Waals surface area contributed by atoms with Crippen LogP contribution < -0.4 is 10.6 Å². The second-order valence-corrected chi connectivity index (χ2v) is 4.49. The number of rotatable bonds is 4. The molecule has 1 aliphatic heterocycles. The highest BCUT2D eigenvalue weighted by Crippen LogP contribution is 2.14. The van der Waals surface area contributed by atoms with E-state index in [2.05, 4.69) is 10.6 Å². The molecular formula is C13H16F2N2O2. The number of likely N-dealkylation sites (N-methyl/N-ethyl adjacent to an activating group) is 1. The van der Waals surface area contributed by atoms with E-state index in [1.54, 1.807) is 7.05 Å². The van der Waals surface area contributed by atoms with Crippen molar-refractivity contribution in [1.82, 2.24) is 10.6 Å². The summed E-state index contributed by atoms with van der Waals surface area (Å²) < 4.78 is 31.4. The third-order valence-electron chi connectivity index (χ3n) is 3.26. The summed E-state index contributed by atoms with van der Waals surface area (Å²) >= 11 is 0. The van der Waals surface area contributed by atoms with E-state index in [1.165, 1.54) is 12.1 Å². The van der Waals surface area contributed by atoms with Gasteiger partial charge in [-0.1, -0.05) is 6.07 Å². The molecule has 1 amide bonds. The third kappa shape index (κ3) is 3.27. The summed E-state index contributed by atoms with van der Waals surface area (Å²) in [4.78, 5) is 11.9. The normalized spacial score (nSPS) is 22.5. The van der Waals surface area contributed by atoms with Crippen LogP contribution in [-0.4, -0.2) is 32.2 Å². The summed E-state index contributed by atoms with van der Waals surface area (Å²) in [5, 5.41) is 5.65. The lowest BCUT2D eigenvalue weighted by Crippen LogP contribution is -2.42. The highest BCUT2D eigenvalue weighted by molar-refractivity contribution is 5.79. The predicted molar refractivity (Wildman–Crippen MR) is 65.4 cm³/mol. The predicted octanol–water partition coefficient (Wildman–Crippen LogP) is 0.815. The molecule has 6 heteroatoms. The smallest absolute Gasteiger partial charge is 0.227 e. The van der Waals surface area contributed by atoms with Crippen LogP contribution in [0.1, 0.15) is 5.56 Å². The number of carbonyl (C=O) groups is 1. The van der Waals surface area contributed by atoms with E-state index in [0.29, 0.717) is 13.2 Å². The first kappa shape index (κ1) is 13.9. The first-order chi connectivity index (χ1) is 9.11. The fourth-order valence-corrected chi connectivity index (χ4v) is 2.08. The highest BCUT2D eigenvalue weighted by atomic mass is 19.1. The zero-order valence-corrected chi connectivity index (χ0v) is 10.6. The number of hydrogen-bond acceptors (Lipinski definition) is 3. The maximum absolute atomic E-state index is 13.4. The number of carbonyl (C=O) groups excluding carboxylic acids is 1. The molecule has 0 aliphatic carbocycles. The van der Waals surface area contributed by atoms with Gasteiger partial charge in [0.05, 0.1) is 19.1 Å². The molecule has 0 bridgehead atoms. The van der Waals surface area contributed by atoms with Crippen LogP contribution in [0.3, 0.4) is 0 Å². The van der Waals surface area contributed by atoms with Gasteiger partial charge in [-0.2, -0.15) is 0 Å². The first-order valence-corrected chi connectivity index (χ1v) is 6.08. The van der Waals surface area contributed by atoms with E-state index in [-0.39, 0.29) is 30.0 Å². The summed E-state index contributed by atoms with van der Waals surface area (Å²) in [6, 6.07) is 3.26. The van der Waals surface area contributed by atoms with Gasteiger partial charge in [0.2, 0.25) is 5.91 Å². The average Bonchev–Trinajstić information content (AvgIpc) is 2.85. The molecule has 1 fully saturated rings. The molecule has 0 radical (unpaired) electrons. The molecule has 2 rings (SSSR count). The molecule has 19 heavy (non-hydrogen) atoms. The Morgan fingerprint density at radius 3 is 2.89 bits per heavy atom. The van der Waals surface area contributed by atoms with E-state index < -0.39 is 11.6 Å². The van der Waals surface area contributed by atoms with Crippen LogP contribution in [0.4, 0.5) is 8.78 Å². The van der Waals surface area contributed by atoms with Crippen LogP contribution in [0.15, 0.2) is 18.2 Å². The molecule has 4 nitrogen and oxygen atoms in total. The number of ether oxygens (including phenoxy) is 1. The second kappa shape index (κ2) is 6.08. The topological polar surface area (TPSA) is 50.4 Å². The molecule has 0 aromatic heterocycles. The molecule has 2 atom stereocenters. The van der Waals surface area contributed by atoms with Crippen molar-refractivity contribution in [1.29, 1.82) is 0 Å². The van der Waals surface area contributed by atoms with Crippen LogP contribution in [-0.2, 0) is 16.1 Å². The van der Waals surface area contributed by atoms with Gasteiger partial charge in [-0.15, -0.1) is 0 Å². The van der Waals surface area contributed by atoms with Gasteiger partial charge in [-0.05, 0) is 13.1 Å². The minimum atomic E-state index is -0.659. The fourth-order valence-electron chi connectivity index (χ4n) is 2.08. The van der Waals surface area contributed by atoms with Crippen molar-refractivity contribution in [3.8, 4) is 0 Å². The molecule has 1 saturated heterocycles. The molecule has 1 aromatic carbocycles. The zero-order valence-electron chi connectivity index (χ0n) is 10.6. The summed E-state index contributed by atoms with van der Waals surface area (Å²) in [7, 11) is 1.76. The minimum absolute atomic E-state index is 0.0296. The Morgan fingerprint density at radius 2 is 2.21 bits per heavy atom. The fraction of sp³-hybridized carbons (Fsp3) is 0.462. The molecule has 104 valence electrons. The monoisotopic (exact) mass is 270 g/mol. The standard InChI is InChI=1S/C13H16F2N2O2/c1-16-12-7-19-6-10(12)13(18)17-5-8-2-3-9(14)4-11(8)15/h2-4,10,12,16H,5-7H2,1H3,(H,17,18). The van der Waals surface area contributed by atoms with Crippen molar-refractivity contribution >= 4 is 5.91 Å². The molecule has 2 unspecified atom stereocenters. The lowest BCUT2D eigenvalue weighted by atomic mass is 10.0. The molecule has 2 N–H and O–H groups in total. The molecule has 1 aromatic rings. The number of hydrogen-bond donors (Lipinski definition) is 2. The Kier molecular flexibility index (Phi) is 4.44. The molecule has 0 spiro atoms. The van der Waals surface area contributed by atoms with Gasteiger partial charge in [0.25, 0.3) is 0 Å². The van der Waals surface area contributed by atoms with Crippen molar-refractivity contribution in [3.63, 3.8) is 0 Å². The Hall–Kier alpha value is -1.53. The Labute approximate surface area is 110 Å². The van der Waals surface area contributed by atoms with Gasteiger partial charge in [0, 0.05) is 24.2 Å². The van der Waals surface area contributed by atoms with Gasteiger partial charge in [-0.25, -0.2) is 8.78 Å². The summed E-state index contributed by atoms with van der Waals surface area (Å²) in [6.07, 6.45) is 0. The van der Waals surface area contributed by atoms with Crippen molar-refractivity contribution in [3.05, 3.63) is 35.4 Å². The largest absolute Gasteiger partial charge is 0.379 e. The Bertz CT molecular complexity index is 468. The van der Waals surface area contributed by atoms with E-state index in [4.69, 9.17) is 4.74 Å². The minimum Gasteiger partial charge on any atom is -0.379 e. The van der Waals surface area contributed by atoms with Crippen molar-refractivity contribution < 1.29 is 18.3 Å². The van der Waals surface area contributed by atoms with Gasteiger partial charge in [0.1, 0.15) is 11.6 Å². The SMILES string of the molecule is CNC1COCC1C(=O)NCc1ccc(F)cc1F. The highest BCUT2D eigenvalue weighted by Gasteiger charge is 2.32.